The molecule has 1 heterocycles. The van der Waals surface area contributed by atoms with Gasteiger partial charge in [0.05, 0.1) is 22.5 Å². The zero-order chi connectivity index (χ0) is 25.7. The number of hydrogen-bond acceptors (Lipinski definition) is 4. The van der Waals surface area contributed by atoms with E-state index in [-0.39, 0.29) is 12.3 Å². The van der Waals surface area contributed by atoms with Crippen LogP contribution in [0.4, 0.5) is 10.1 Å². The zero-order valence-electron chi connectivity index (χ0n) is 20.5. The Morgan fingerprint density at radius 3 is 2.50 bits per heavy atom. The molecule has 0 unspecified atom stereocenters. The van der Waals surface area contributed by atoms with E-state index in [0.717, 1.165) is 41.8 Å². The molecule has 3 aromatic carbocycles. The number of aromatic nitrogens is 1. The molecule has 4 rings (SSSR count). The fraction of sp³-hybridized carbons (Fsp3) is 0.241. The van der Waals surface area contributed by atoms with E-state index in [1.165, 1.54) is 12.1 Å². The lowest BCUT2D eigenvalue weighted by atomic mass is 9.97. The van der Waals surface area contributed by atoms with Crippen LogP contribution in [0.1, 0.15) is 35.1 Å². The van der Waals surface area contributed by atoms with Gasteiger partial charge < -0.3 is 20.1 Å². The first kappa shape index (κ1) is 25.1. The highest BCUT2D eigenvalue weighted by atomic mass is 19.1. The topological polar surface area (TPSA) is 88.9 Å². The molecule has 0 amide bonds. The van der Waals surface area contributed by atoms with Gasteiger partial charge >= 0.3 is 5.97 Å². The van der Waals surface area contributed by atoms with Gasteiger partial charge in [0.1, 0.15) is 5.82 Å². The summed E-state index contributed by atoms with van der Waals surface area (Å²) in [6.07, 6.45) is 2.33. The largest absolute Gasteiger partial charge is 0.494 e. The number of aliphatic imine (C=N–C) groups is 1. The molecule has 36 heavy (non-hydrogen) atoms. The molecule has 0 spiro atoms. The minimum absolute atomic E-state index is 0.0164. The standard InChI is InChI=1S/C29H30FN3O3/c1-33(2)15-5-8-19-7-4-10-23(17-19)31-28(21-9-3-6-20(16-21)11-14-26(34)35)27-24-13-12-22(30)18-25(24)32-29(27)36/h3-4,6-7,9-10,12-13,16-18,32,36H,5,8,11,14-15H2,1-2H3,(H,34,35). The van der Waals surface area contributed by atoms with Gasteiger partial charge in [-0.1, -0.05) is 30.3 Å². The molecule has 0 fully saturated rings. The maximum atomic E-state index is 13.9. The maximum absolute atomic E-state index is 13.9. The number of aliphatic carboxylic acids is 1. The average Bonchev–Trinajstić information content (AvgIpc) is 3.16. The molecule has 7 heteroatoms. The second kappa shape index (κ2) is 11.2. The summed E-state index contributed by atoms with van der Waals surface area (Å²) in [5.41, 5.74) is 4.94. The van der Waals surface area contributed by atoms with Crippen molar-refractivity contribution in [2.75, 3.05) is 20.6 Å². The van der Waals surface area contributed by atoms with Crippen LogP contribution in [0, 0.1) is 5.82 Å². The summed E-state index contributed by atoms with van der Waals surface area (Å²) in [6, 6.07) is 19.8. The lowest BCUT2D eigenvalue weighted by Crippen LogP contribution is -2.13. The first-order valence-electron chi connectivity index (χ1n) is 11.9. The van der Waals surface area contributed by atoms with Crippen LogP contribution in [0.25, 0.3) is 10.9 Å². The number of nitrogens with zero attached hydrogens (tertiary/aromatic N) is 2. The average molecular weight is 488 g/mol. The fourth-order valence-electron chi connectivity index (χ4n) is 4.30. The Bertz CT molecular complexity index is 1410. The maximum Gasteiger partial charge on any atom is 0.303 e. The number of carboxylic acid groups (broad SMARTS) is 1. The third kappa shape index (κ3) is 6.17. The number of benzene rings is 3. The highest BCUT2D eigenvalue weighted by Crippen LogP contribution is 2.32. The van der Waals surface area contributed by atoms with Crippen molar-refractivity contribution in [3.8, 4) is 5.88 Å². The molecular formula is C29H30FN3O3. The highest BCUT2D eigenvalue weighted by Gasteiger charge is 2.19. The normalized spacial score (nSPS) is 11.9. The van der Waals surface area contributed by atoms with Crippen LogP contribution in [-0.4, -0.2) is 52.4 Å². The molecule has 0 aliphatic heterocycles. The Labute approximate surface area is 209 Å². The van der Waals surface area contributed by atoms with Gasteiger partial charge in [-0.15, -0.1) is 0 Å². The van der Waals surface area contributed by atoms with E-state index in [0.29, 0.717) is 28.6 Å². The number of hydrogen-bond donors (Lipinski definition) is 3. The van der Waals surface area contributed by atoms with E-state index >= 15 is 0 Å². The van der Waals surface area contributed by atoms with E-state index in [4.69, 9.17) is 10.1 Å². The number of nitrogens with one attached hydrogen (secondary N) is 1. The Balaban J connectivity index is 1.81. The minimum Gasteiger partial charge on any atom is -0.494 e. The molecule has 0 atom stereocenters. The van der Waals surface area contributed by atoms with E-state index in [9.17, 15) is 14.3 Å². The van der Waals surface area contributed by atoms with Gasteiger partial charge in [0.25, 0.3) is 0 Å². The van der Waals surface area contributed by atoms with Gasteiger partial charge in [0.2, 0.25) is 0 Å². The van der Waals surface area contributed by atoms with Gasteiger partial charge in [-0.25, -0.2) is 9.38 Å². The molecule has 6 nitrogen and oxygen atoms in total. The Kier molecular flexibility index (Phi) is 7.80. The summed E-state index contributed by atoms with van der Waals surface area (Å²) in [6.45, 7) is 0.988. The second-order valence-corrected chi connectivity index (χ2v) is 9.17. The first-order chi connectivity index (χ1) is 17.3. The Hall–Kier alpha value is -3.97. The SMILES string of the molecule is CN(C)CCCc1cccc(N=C(c2cccc(CCC(=O)O)c2)c2c(O)[nH]c3cc(F)ccc23)c1. The smallest absolute Gasteiger partial charge is 0.303 e. The molecule has 0 bridgehead atoms. The summed E-state index contributed by atoms with van der Waals surface area (Å²) in [5.74, 6) is -1.38. The van der Waals surface area contributed by atoms with Crippen molar-refractivity contribution >= 4 is 28.3 Å². The Morgan fingerprint density at radius 1 is 1.00 bits per heavy atom. The molecule has 0 saturated heterocycles. The molecule has 0 saturated carbocycles. The third-order valence-electron chi connectivity index (χ3n) is 6.03. The van der Waals surface area contributed by atoms with Crippen LogP contribution in [0.15, 0.2) is 71.7 Å². The predicted octanol–water partition coefficient (Wildman–Crippen LogP) is 5.69. The van der Waals surface area contributed by atoms with Gasteiger partial charge in [0, 0.05) is 17.4 Å². The lowest BCUT2D eigenvalue weighted by molar-refractivity contribution is -0.136. The number of H-pyrrole nitrogens is 1. The summed E-state index contributed by atoms with van der Waals surface area (Å²) >= 11 is 0. The molecule has 4 aromatic rings. The van der Waals surface area contributed by atoms with Gasteiger partial charge in [-0.2, -0.15) is 0 Å². The van der Waals surface area contributed by atoms with Crippen molar-refractivity contribution in [1.82, 2.24) is 9.88 Å². The van der Waals surface area contributed by atoms with E-state index in [1.807, 2.05) is 42.5 Å². The van der Waals surface area contributed by atoms with Gasteiger partial charge in [-0.3, -0.25) is 4.79 Å². The number of carbonyl (C=O) groups is 1. The first-order valence-corrected chi connectivity index (χ1v) is 11.9. The number of halogens is 1. The van der Waals surface area contributed by atoms with Gasteiger partial charge in [-0.05, 0) is 87.4 Å². The van der Waals surface area contributed by atoms with E-state index < -0.39 is 11.8 Å². The van der Waals surface area contributed by atoms with Crippen LogP contribution < -0.4 is 0 Å². The van der Waals surface area contributed by atoms with Crippen LogP contribution in [0.2, 0.25) is 0 Å². The highest BCUT2D eigenvalue weighted by molar-refractivity contribution is 6.21. The van der Waals surface area contributed by atoms with Crippen molar-refractivity contribution in [3.05, 3.63) is 94.8 Å². The molecule has 186 valence electrons. The summed E-state index contributed by atoms with van der Waals surface area (Å²) in [7, 11) is 4.11. The molecule has 0 radical (unpaired) electrons. The van der Waals surface area contributed by atoms with Crippen LogP contribution in [0.5, 0.6) is 5.88 Å². The number of carboxylic acids is 1. The van der Waals surface area contributed by atoms with Crippen molar-refractivity contribution in [1.29, 1.82) is 0 Å². The quantitative estimate of drug-likeness (QED) is 0.251. The van der Waals surface area contributed by atoms with Crippen molar-refractivity contribution in [2.24, 2.45) is 4.99 Å². The number of fused-ring (bicyclic) bond motifs is 1. The summed E-state index contributed by atoms with van der Waals surface area (Å²) in [5, 5.41) is 20.6. The molecular weight excluding hydrogens is 457 g/mol. The molecule has 0 aliphatic carbocycles. The van der Waals surface area contributed by atoms with E-state index in [1.54, 1.807) is 6.07 Å². The van der Waals surface area contributed by atoms with Crippen molar-refractivity contribution in [3.63, 3.8) is 0 Å². The van der Waals surface area contributed by atoms with Crippen LogP contribution in [0.3, 0.4) is 0 Å². The number of aryl methyl sites for hydroxylation is 2. The zero-order valence-corrected chi connectivity index (χ0v) is 20.5. The lowest BCUT2D eigenvalue weighted by Gasteiger charge is -2.11. The van der Waals surface area contributed by atoms with Crippen LogP contribution in [-0.2, 0) is 17.6 Å². The van der Waals surface area contributed by atoms with Gasteiger partial charge in [0.15, 0.2) is 5.88 Å². The van der Waals surface area contributed by atoms with Crippen molar-refractivity contribution < 1.29 is 19.4 Å². The predicted molar refractivity (Wildman–Crippen MR) is 141 cm³/mol. The monoisotopic (exact) mass is 487 g/mol. The molecule has 0 aliphatic rings. The number of rotatable bonds is 10. The third-order valence-corrected chi connectivity index (χ3v) is 6.03. The number of aromatic amines is 1. The minimum atomic E-state index is -0.864. The number of aromatic hydroxyl groups is 1. The summed E-state index contributed by atoms with van der Waals surface area (Å²) in [4.78, 5) is 21.1. The van der Waals surface area contributed by atoms with Crippen LogP contribution >= 0.6 is 0 Å². The Morgan fingerprint density at radius 2 is 1.75 bits per heavy atom. The fourth-order valence-corrected chi connectivity index (χ4v) is 4.30. The van der Waals surface area contributed by atoms with Crippen molar-refractivity contribution in [2.45, 2.75) is 25.7 Å². The molecule has 3 N–H and O–H groups in total. The van der Waals surface area contributed by atoms with E-state index in [2.05, 4.69) is 30.0 Å². The summed E-state index contributed by atoms with van der Waals surface area (Å²) < 4.78 is 13.9. The second-order valence-electron chi connectivity index (χ2n) is 9.17. The molecule has 1 aromatic heterocycles.